The van der Waals surface area contributed by atoms with E-state index in [2.05, 4.69) is 43.1 Å². The lowest BCUT2D eigenvalue weighted by Gasteiger charge is -2.33. The van der Waals surface area contributed by atoms with Gasteiger partial charge in [0.25, 0.3) is 0 Å². The normalized spacial score (nSPS) is 16.2. The Labute approximate surface area is 195 Å². The van der Waals surface area contributed by atoms with Crippen LogP contribution in [0, 0.1) is 6.92 Å². The fourth-order valence-corrected chi connectivity index (χ4v) is 5.81. The second kappa shape index (κ2) is 8.70. The number of hydrogen-bond donors (Lipinski definition) is 1. The number of carbonyl (C=O) groups is 1. The van der Waals surface area contributed by atoms with Gasteiger partial charge in [-0.1, -0.05) is 31.1 Å². The van der Waals surface area contributed by atoms with E-state index in [1.54, 1.807) is 33.1 Å². The van der Waals surface area contributed by atoms with Crippen molar-refractivity contribution in [2.75, 3.05) is 6.54 Å². The van der Waals surface area contributed by atoms with Crippen molar-refractivity contribution in [3.05, 3.63) is 69.7 Å². The summed E-state index contributed by atoms with van der Waals surface area (Å²) in [6, 6.07) is 7.33. The maximum atomic E-state index is 15.1. The van der Waals surface area contributed by atoms with Gasteiger partial charge in [-0.3, -0.25) is 9.48 Å². The van der Waals surface area contributed by atoms with Crippen molar-refractivity contribution in [3.8, 4) is 16.9 Å². The third-order valence-electron chi connectivity index (χ3n) is 5.72. The van der Waals surface area contributed by atoms with Crippen LogP contribution < -0.4 is 0 Å². The van der Waals surface area contributed by atoms with E-state index >= 15 is 4.39 Å². The number of aryl methyl sites for hydroxylation is 2. The van der Waals surface area contributed by atoms with Crippen LogP contribution in [0.2, 0.25) is 0 Å². The Balaban J connectivity index is 1.93. The quantitative estimate of drug-likeness (QED) is 0.399. The number of aromatic hydroxyl groups is 1. The van der Waals surface area contributed by atoms with Crippen LogP contribution in [0.15, 0.2) is 43.1 Å². The molecule has 0 saturated carbocycles. The number of hydrogen-bond acceptors (Lipinski definition) is 4. The molecule has 5 nitrogen and oxygen atoms in total. The molecule has 3 atom stereocenters. The average Bonchev–Trinajstić information content (AvgIpc) is 3.35. The van der Waals surface area contributed by atoms with Gasteiger partial charge in [0.15, 0.2) is 5.15 Å². The molecule has 0 spiro atoms. The van der Waals surface area contributed by atoms with Crippen LogP contribution in [-0.2, 0) is 23.0 Å². The molecule has 1 N–H and O–H groups in total. The molecule has 9 heteroatoms. The topological polar surface area (TPSA) is 58.4 Å². The predicted octanol–water partition coefficient (Wildman–Crippen LogP) is 5.14. The van der Waals surface area contributed by atoms with Crippen molar-refractivity contribution in [1.82, 2.24) is 14.7 Å². The lowest BCUT2D eigenvalue weighted by molar-refractivity contribution is -0.127. The summed E-state index contributed by atoms with van der Waals surface area (Å²) in [6.45, 7) is 9.26. The van der Waals surface area contributed by atoms with E-state index in [9.17, 15) is 9.90 Å². The summed E-state index contributed by atoms with van der Waals surface area (Å²) in [7, 11) is 4.35. The Hall–Kier alpha value is -2.07. The Morgan fingerprint density at radius 3 is 2.78 bits per heavy atom. The first kappa shape index (κ1) is 23.1. The van der Waals surface area contributed by atoms with Crippen LogP contribution in [0.4, 0.5) is 4.39 Å². The van der Waals surface area contributed by atoms with Crippen molar-refractivity contribution in [2.45, 2.75) is 38.0 Å². The minimum absolute atomic E-state index is 0.0903. The first-order chi connectivity index (χ1) is 15.1. The monoisotopic (exact) mass is 489 g/mol. The van der Waals surface area contributed by atoms with E-state index in [4.69, 9.17) is 0 Å². The SMILES string of the molecule is C=CC(=O)N1Cc2sc(C)cc2C(c2ccc(O)cc2-c2cn(CC)nc2C(F)(P)P)C1. The summed E-state index contributed by atoms with van der Waals surface area (Å²) in [5.41, 5.74) is 3.67. The minimum Gasteiger partial charge on any atom is -0.508 e. The van der Waals surface area contributed by atoms with E-state index in [1.807, 2.05) is 19.2 Å². The van der Waals surface area contributed by atoms with Gasteiger partial charge in [-0.2, -0.15) is 5.10 Å². The maximum absolute atomic E-state index is 15.1. The first-order valence-electron chi connectivity index (χ1n) is 10.3. The smallest absolute Gasteiger partial charge is 0.246 e. The maximum Gasteiger partial charge on any atom is 0.246 e. The number of thiophene rings is 1. The van der Waals surface area contributed by atoms with Crippen molar-refractivity contribution in [1.29, 1.82) is 0 Å². The highest BCUT2D eigenvalue weighted by Gasteiger charge is 2.34. The van der Waals surface area contributed by atoms with Crippen LogP contribution in [0.1, 0.15) is 39.4 Å². The minimum atomic E-state index is -1.82. The molecular weight excluding hydrogens is 463 g/mol. The van der Waals surface area contributed by atoms with Gasteiger partial charge in [0.2, 0.25) is 5.91 Å². The largest absolute Gasteiger partial charge is 0.508 e. The lowest BCUT2D eigenvalue weighted by atomic mass is 9.83. The Morgan fingerprint density at radius 2 is 2.12 bits per heavy atom. The number of amides is 1. The Morgan fingerprint density at radius 1 is 1.38 bits per heavy atom. The van der Waals surface area contributed by atoms with Gasteiger partial charge < -0.3 is 10.0 Å². The molecule has 4 rings (SSSR count). The highest BCUT2D eigenvalue weighted by molar-refractivity contribution is 7.38. The summed E-state index contributed by atoms with van der Waals surface area (Å²) in [5.74, 6) is -0.152. The molecule has 0 aliphatic carbocycles. The molecule has 1 amide bonds. The summed E-state index contributed by atoms with van der Waals surface area (Å²) >= 11 is 1.68. The number of carbonyl (C=O) groups excluding carboxylic acids is 1. The molecule has 0 fully saturated rings. The van der Waals surface area contributed by atoms with E-state index in [0.29, 0.717) is 30.8 Å². The Bertz CT molecular complexity index is 1200. The van der Waals surface area contributed by atoms with Crippen LogP contribution in [0.3, 0.4) is 0 Å². The highest BCUT2D eigenvalue weighted by Crippen LogP contribution is 2.47. The number of aromatic nitrogens is 2. The van der Waals surface area contributed by atoms with Gasteiger partial charge in [-0.25, -0.2) is 4.39 Å². The first-order valence-corrected chi connectivity index (χ1v) is 12.3. The summed E-state index contributed by atoms with van der Waals surface area (Å²) < 4.78 is 16.8. The van der Waals surface area contributed by atoms with Crippen molar-refractivity contribution >= 4 is 35.7 Å². The molecule has 1 aliphatic rings. The predicted molar refractivity (Wildman–Crippen MR) is 134 cm³/mol. The summed E-state index contributed by atoms with van der Waals surface area (Å²) in [4.78, 5) is 16.6. The molecule has 0 bridgehead atoms. The van der Waals surface area contributed by atoms with Crippen LogP contribution in [0.5, 0.6) is 5.75 Å². The fraction of sp³-hybridized carbons (Fsp3) is 0.304. The van der Waals surface area contributed by atoms with Gasteiger partial charge in [0.05, 0.1) is 6.54 Å². The van der Waals surface area contributed by atoms with E-state index in [1.165, 1.54) is 16.5 Å². The molecule has 2 aromatic heterocycles. The number of nitrogens with zero attached hydrogens (tertiary/aromatic N) is 3. The molecule has 1 aliphatic heterocycles. The van der Waals surface area contributed by atoms with Crippen LogP contribution in [0.25, 0.3) is 11.1 Å². The van der Waals surface area contributed by atoms with E-state index in [0.717, 1.165) is 10.4 Å². The molecule has 0 saturated heterocycles. The second-order valence-electron chi connectivity index (χ2n) is 8.00. The second-order valence-corrected chi connectivity index (χ2v) is 11.7. The zero-order chi connectivity index (χ0) is 23.2. The number of halogens is 1. The van der Waals surface area contributed by atoms with E-state index in [-0.39, 0.29) is 23.3 Å². The number of rotatable bonds is 5. The third kappa shape index (κ3) is 4.26. The lowest BCUT2D eigenvalue weighted by Crippen LogP contribution is -2.37. The zero-order valence-electron chi connectivity index (χ0n) is 18.0. The van der Waals surface area contributed by atoms with Gasteiger partial charge in [0, 0.05) is 40.5 Å². The van der Waals surface area contributed by atoms with Crippen molar-refractivity contribution in [2.24, 2.45) is 0 Å². The standard InChI is InChI=1S/C23H26FN3O2P2S/c1-4-21(29)26-10-18(17-8-13(3)32-20(17)12-26)15-7-6-14(28)9-16(15)19-11-27(5-2)25-22(19)23(24,30)31/h4,6-9,11,18,28H,1,5,10,12,30-31H2,2-3H3. The van der Waals surface area contributed by atoms with Crippen molar-refractivity contribution < 1.29 is 14.3 Å². The molecule has 3 aromatic rings. The zero-order valence-corrected chi connectivity index (χ0v) is 21.1. The van der Waals surface area contributed by atoms with Gasteiger partial charge in [-0.15, -0.1) is 11.3 Å². The fourth-order valence-electron chi connectivity index (χ4n) is 4.27. The Kier molecular flexibility index (Phi) is 6.28. The number of phenols is 1. The molecular formula is C23H26FN3O2P2S. The molecule has 0 radical (unpaired) electrons. The molecule has 168 valence electrons. The molecule has 3 heterocycles. The average molecular weight is 489 g/mol. The number of phenolic OH excluding ortho intramolecular Hbond substituents is 1. The number of fused-ring (bicyclic) bond motifs is 1. The van der Waals surface area contributed by atoms with Gasteiger partial charge in [-0.05, 0) is 54.8 Å². The molecule has 32 heavy (non-hydrogen) atoms. The number of alkyl halides is 1. The summed E-state index contributed by atoms with van der Waals surface area (Å²) in [6.07, 6.45) is 3.15. The van der Waals surface area contributed by atoms with E-state index < -0.39 is 5.15 Å². The summed E-state index contributed by atoms with van der Waals surface area (Å²) in [5, 5.41) is 12.9. The van der Waals surface area contributed by atoms with Gasteiger partial charge in [0.1, 0.15) is 11.4 Å². The third-order valence-corrected chi connectivity index (χ3v) is 7.31. The van der Waals surface area contributed by atoms with Gasteiger partial charge >= 0.3 is 0 Å². The molecule has 3 unspecified atom stereocenters. The van der Waals surface area contributed by atoms with Crippen LogP contribution >= 0.6 is 29.8 Å². The number of benzene rings is 1. The van der Waals surface area contributed by atoms with Crippen molar-refractivity contribution in [3.63, 3.8) is 0 Å². The highest BCUT2D eigenvalue weighted by atomic mass is 32.1. The van der Waals surface area contributed by atoms with Crippen LogP contribution in [-0.4, -0.2) is 32.2 Å². The molecule has 1 aromatic carbocycles.